The number of fused-ring (bicyclic) bond motifs is 1. The van der Waals surface area contributed by atoms with Gasteiger partial charge < -0.3 is 14.9 Å². The van der Waals surface area contributed by atoms with Gasteiger partial charge in [-0.15, -0.1) is 0 Å². The second-order valence-corrected chi connectivity index (χ2v) is 11.1. The number of nitrogens with zero attached hydrogens (tertiary/aromatic N) is 2. The molecule has 39 heavy (non-hydrogen) atoms. The smallest absolute Gasteiger partial charge is 0.254 e. The summed E-state index contributed by atoms with van der Waals surface area (Å²) in [4.78, 5) is 18.3. The van der Waals surface area contributed by atoms with Gasteiger partial charge in [-0.1, -0.05) is 78.9 Å². The van der Waals surface area contributed by atoms with Crippen LogP contribution < -0.4 is 0 Å². The van der Waals surface area contributed by atoms with Crippen LogP contribution in [-0.2, 0) is 0 Å². The van der Waals surface area contributed by atoms with Crippen molar-refractivity contribution < 1.29 is 14.3 Å². The molecule has 4 aromatic rings. The number of amides is 1. The van der Waals surface area contributed by atoms with E-state index in [-0.39, 0.29) is 23.6 Å². The number of hydrogen-bond donors (Lipinski definition) is 1. The minimum Gasteiger partial charge on any atom is -0.388 e. The molecule has 2 aliphatic heterocycles. The monoisotopic (exact) mass is 522 g/mol. The summed E-state index contributed by atoms with van der Waals surface area (Å²) in [5.41, 5.74) is 2.84. The average molecular weight is 523 g/mol. The van der Waals surface area contributed by atoms with Gasteiger partial charge in [0.25, 0.3) is 5.91 Å². The third kappa shape index (κ3) is 5.47. The standard InChI is InChI=1S/C34H35FN2O2/c35-29-15-13-24(14-16-29)25-17-19-36(20-18-25)21-28-22-37(23-32(28)33(38)27-8-2-1-3-9-27)34(39)31-12-6-10-26-7-4-5-11-30(26)31/h1-16,25,28,32-33,38H,17-23H2. The number of aliphatic hydroxyl groups is 1. The van der Waals surface area contributed by atoms with Crippen LogP contribution in [0.15, 0.2) is 97.1 Å². The highest BCUT2D eigenvalue weighted by atomic mass is 19.1. The van der Waals surface area contributed by atoms with E-state index < -0.39 is 6.10 Å². The Hall–Kier alpha value is -3.54. The van der Waals surface area contributed by atoms with Crippen molar-refractivity contribution in [2.24, 2.45) is 11.8 Å². The van der Waals surface area contributed by atoms with Crippen LogP contribution in [0.4, 0.5) is 4.39 Å². The molecule has 0 aliphatic carbocycles. The quantitative estimate of drug-likeness (QED) is 0.324. The Morgan fingerprint density at radius 3 is 2.31 bits per heavy atom. The van der Waals surface area contributed by atoms with Crippen LogP contribution in [0, 0.1) is 17.7 Å². The van der Waals surface area contributed by atoms with Gasteiger partial charge in [-0.2, -0.15) is 0 Å². The second kappa shape index (κ2) is 11.3. The maximum Gasteiger partial charge on any atom is 0.254 e. The topological polar surface area (TPSA) is 43.8 Å². The molecule has 2 heterocycles. The number of rotatable bonds is 6. The van der Waals surface area contributed by atoms with Gasteiger partial charge in [0, 0.05) is 31.1 Å². The highest BCUT2D eigenvalue weighted by Crippen LogP contribution is 2.37. The van der Waals surface area contributed by atoms with E-state index in [2.05, 4.69) is 4.90 Å². The molecule has 4 aromatic carbocycles. The molecule has 0 aromatic heterocycles. The number of piperidine rings is 1. The fraction of sp³-hybridized carbons (Fsp3) is 0.324. The fourth-order valence-corrected chi connectivity index (χ4v) is 6.61. The molecule has 2 aliphatic rings. The Bertz CT molecular complexity index is 1410. The van der Waals surface area contributed by atoms with Crippen molar-refractivity contribution in [2.45, 2.75) is 24.9 Å². The summed E-state index contributed by atoms with van der Waals surface area (Å²) < 4.78 is 13.4. The number of benzene rings is 4. The van der Waals surface area contributed by atoms with E-state index in [9.17, 15) is 14.3 Å². The van der Waals surface area contributed by atoms with Crippen molar-refractivity contribution >= 4 is 16.7 Å². The number of halogens is 1. The van der Waals surface area contributed by atoms with Gasteiger partial charge in [-0.3, -0.25) is 4.79 Å². The SMILES string of the molecule is O=C(c1cccc2ccccc12)N1CC(CN2CCC(c3ccc(F)cc3)CC2)C(C(O)c2ccccc2)C1. The van der Waals surface area contributed by atoms with Crippen LogP contribution in [-0.4, -0.2) is 53.5 Å². The first-order valence-electron chi connectivity index (χ1n) is 14.0. The van der Waals surface area contributed by atoms with Crippen molar-refractivity contribution in [3.05, 3.63) is 120 Å². The van der Waals surface area contributed by atoms with Gasteiger partial charge in [0.1, 0.15) is 5.82 Å². The number of hydrogen-bond acceptors (Lipinski definition) is 3. The lowest BCUT2D eigenvalue weighted by Crippen LogP contribution is -2.39. The van der Waals surface area contributed by atoms with Crippen molar-refractivity contribution in [1.82, 2.24) is 9.80 Å². The second-order valence-electron chi connectivity index (χ2n) is 11.1. The van der Waals surface area contributed by atoms with Gasteiger partial charge >= 0.3 is 0 Å². The lowest BCUT2D eigenvalue weighted by atomic mass is 9.85. The molecule has 2 saturated heterocycles. The molecule has 200 valence electrons. The van der Waals surface area contributed by atoms with E-state index in [0.29, 0.717) is 19.0 Å². The largest absolute Gasteiger partial charge is 0.388 e. The molecule has 3 unspecified atom stereocenters. The highest BCUT2D eigenvalue weighted by Gasteiger charge is 2.41. The summed E-state index contributed by atoms with van der Waals surface area (Å²) in [7, 11) is 0. The van der Waals surface area contributed by atoms with Gasteiger partial charge in [-0.25, -0.2) is 4.39 Å². The van der Waals surface area contributed by atoms with Crippen LogP contribution in [0.2, 0.25) is 0 Å². The first kappa shape index (κ1) is 25.7. The normalized spacial score (nSPS) is 21.3. The zero-order valence-electron chi connectivity index (χ0n) is 22.1. The molecule has 3 atom stereocenters. The zero-order chi connectivity index (χ0) is 26.8. The number of carbonyl (C=O) groups excluding carboxylic acids is 1. The first-order chi connectivity index (χ1) is 19.1. The van der Waals surface area contributed by atoms with Gasteiger partial charge in [0.05, 0.1) is 6.10 Å². The van der Waals surface area contributed by atoms with E-state index in [0.717, 1.165) is 54.4 Å². The van der Waals surface area contributed by atoms with E-state index in [1.54, 1.807) is 12.1 Å². The maximum absolute atomic E-state index is 13.8. The predicted molar refractivity (Wildman–Crippen MR) is 153 cm³/mol. The molecule has 5 heteroatoms. The maximum atomic E-state index is 13.8. The summed E-state index contributed by atoms with van der Waals surface area (Å²) in [5, 5.41) is 13.5. The van der Waals surface area contributed by atoms with Crippen LogP contribution in [0.5, 0.6) is 0 Å². The molecule has 1 N–H and O–H groups in total. The van der Waals surface area contributed by atoms with Crippen molar-refractivity contribution in [1.29, 1.82) is 0 Å². The fourth-order valence-electron chi connectivity index (χ4n) is 6.61. The molecule has 0 bridgehead atoms. The molecule has 0 spiro atoms. The number of aliphatic hydroxyl groups excluding tert-OH is 1. The summed E-state index contributed by atoms with van der Waals surface area (Å²) >= 11 is 0. The highest BCUT2D eigenvalue weighted by molar-refractivity contribution is 6.07. The molecule has 4 nitrogen and oxygen atoms in total. The minimum atomic E-state index is -0.627. The average Bonchev–Trinajstić information content (AvgIpc) is 3.41. The number of likely N-dealkylation sites (tertiary alicyclic amines) is 2. The van der Waals surface area contributed by atoms with Crippen molar-refractivity contribution in [3.8, 4) is 0 Å². The molecule has 2 fully saturated rings. The third-order valence-electron chi connectivity index (χ3n) is 8.77. The van der Waals surface area contributed by atoms with Gasteiger partial charge in [-0.05, 0) is 77.9 Å². The van der Waals surface area contributed by atoms with E-state index in [4.69, 9.17) is 0 Å². The van der Waals surface area contributed by atoms with Crippen LogP contribution >= 0.6 is 0 Å². The van der Waals surface area contributed by atoms with Crippen molar-refractivity contribution in [3.63, 3.8) is 0 Å². The molecular formula is C34H35FN2O2. The van der Waals surface area contributed by atoms with Crippen LogP contribution in [0.3, 0.4) is 0 Å². The van der Waals surface area contributed by atoms with E-state index >= 15 is 0 Å². The Balaban J connectivity index is 1.19. The Morgan fingerprint density at radius 1 is 0.846 bits per heavy atom. The van der Waals surface area contributed by atoms with E-state index in [1.807, 2.05) is 89.8 Å². The Kier molecular flexibility index (Phi) is 7.45. The van der Waals surface area contributed by atoms with Crippen LogP contribution in [0.25, 0.3) is 10.8 Å². The summed E-state index contributed by atoms with van der Waals surface area (Å²) in [6, 6.07) is 30.7. The van der Waals surface area contributed by atoms with Gasteiger partial charge in [0.15, 0.2) is 0 Å². The molecular weight excluding hydrogens is 487 g/mol. The van der Waals surface area contributed by atoms with E-state index in [1.165, 1.54) is 5.56 Å². The number of carbonyl (C=O) groups is 1. The summed E-state index contributed by atoms with van der Waals surface area (Å²) in [6.07, 6.45) is 1.43. The lowest BCUT2D eigenvalue weighted by Gasteiger charge is -2.35. The Morgan fingerprint density at radius 2 is 1.54 bits per heavy atom. The summed E-state index contributed by atoms with van der Waals surface area (Å²) in [5.74, 6) is 0.417. The zero-order valence-corrected chi connectivity index (χ0v) is 22.1. The predicted octanol–water partition coefficient (Wildman–Crippen LogP) is 6.28. The molecule has 0 saturated carbocycles. The summed E-state index contributed by atoms with van der Waals surface area (Å²) in [6.45, 7) is 3.95. The Labute approximate surface area is 229 Å². The van der Waals surface area contributed by atoms with Crippen molar-refractivity contribution in [2.75, 3.05) is 32.7 Å². The molecule has 0 radical (unpaired) electrons. The minimum absolute atomic E-state index is 0.0366. The third-order valence-corrected chi connectivity index (χ3v) is 8.77. The first-order valence-corrected chi connectivity index (χ1v) is 14.0. The molecule has 1 amide bonds. The molecule has 6 rings (SSSR count). The lowest BCUT2D eigenvalue weighted by molar-refractivity contribution is 0.0701. The van der Waals surface area contributed by atoms with Gasteiger partial charge in [0.2, 0.25) is 0 Å². The van der Waals surface area contributed by atoms with Crippen LogP contribution in [0.1, 0.15) is 46.3 Å².